The standard InChI is InChI=1S/C23H26N8O/c1-15(2)31-14-25-18-16(5-9-24-20(18)31)17-6-12-30(13-23(17)7-8-23)21(32)19-26-22(28-27-19)29-10-3-4-11-29/h3-5,9-11,14-15,17H,6-8,12-13H2,1-2H3,(H,26,27,28). The Kier molecular flexibility index (Phi) is 4.21. The molecule has 1 saturated heterocycles. The van der Waals surface area contributed by atoms with Gasteiger partial charge in [-0.3, -0.25) is 14.5 Å². The van der Waals surface area contributed by atoms with Crippen LogP contribution in [0.1, 0.15) is 61.3 Å². The van der Waals surface area contributed by atoms with Crippen molar-refractivity contribution in [3.8, 4) is 5.95 Å². The van der Waals surface area contributed by atoms with Crippen LogP contribution >= 0.6 is 0 Å². The Hall–Kier alpha value is -3.49. The highest BCUT2D eigenvalue weighted by Crippen LogP contribution is 2.60. The summed E-state index contributed by atoms with van der Waals surface area (Å²) in [5.74, 6) is 1.08. The van der Waals surface area contributed by atoms with Crippen molar-refractivity contribution in [3.63, 3.8) is 0 Å². The molecule has 9 nitrogen and oxygen atoms in total. The summed E-state index contributed by atoms with van der Waals surface area (Å²) in [6.07, 6.45) is 10.7. The summed E-state index contributed by atoms with van der Waals surface area (Å²) in [4.78, 5) is 28.9. The molecular weight excluding hydrogens is 404 g/mol. The predicted octanol–water partition coefficient (Wildman–Crippen LogP) is 3.33. The van der Waals surface area contributed by atoms with Crippen molar-refractivity contribution in [3.05, 3.63) is 54.5 Å². The van der Waals surface area contributed by atoms with Crippen molar-refractivity contribution >= 4 is 17.1 Å². The summed E-state index contributed by atoms with van der Waals surface area (Å²) < 4.78 is 3.91. The number of rotatable bonds is 4. The Morgan fingerprint density at radius 3 is 2.78 bits per heavy atom. The molecule has 2 aliphatic rings. The lowest BCUT2D eigenvalue weighted by Crippen LogP contribution is -2.44. The van der Waals surface area contributed by atoms with Crippen LogP contribution in [0.2, 0.25) is 0 Å². The first-order valence-corrected chi connectivity index (χ1v) is 11.2. The number of aromatic nitrogens is 7. The number of likely N-dealkylation sites (tertiary alicyclic amines) is 1. The quantitative estimate of drug-likeness (QED) is 0.536. The molecule has 0 radical (unpaired) electrons. The second-order valence-electron chi connectivity index (χ2n) is 9.32. The van der Waals surface area contributed by atoms with Crippen LogP contribution in [0.4, 0.5) is 0 Å². The third kappa shape index (κ3) is 2.95. The molecule has 32 heavy (non-hydrogen) atoms. The van der Waals surface area contributed by atoms with E-state index in [0.717, 1.165) is 37.0 Å². The second kappa shape index (κ2) is 7.01. The molecule has 1 saturated carbocycles. The van der Waals surface area contributed by atoms with Crippen LogP contribution in [0.25, 0.3) is 17.1 Å². The van der Waals surface area contributed by atoms with Crippen LogP contribution in [-0.2, 0) is 0 Å². The van der Waals surface area contributed by atoms with Gasteiger partial charge < -0.3 is 9.47 Å². The number of piperidine rings is 1. The normalized spacial score (nSPS) is 19.8. The second-order valence-corrected chi connectivity index (χ2v) is 9.32. The number of nitrogens with one attached hydrogen (secondary N) is 1. The topological polar surface area (TPSA) is 97.5 Å². The summed E-state index contributed by atoms with van der Waals surface area (Å²) in [7, 11) is 0. The molecular formula is C23H26N8O. The molecule has 1 spiro atoms. The van der Waals surface area contributed by atoms with E-state index < -0.39 is 0 Å². The minimum atomic E-state index is -0.0791. The van der Waals surface area contributed by atoms with E-state index in [4.69, 9.17) is 4.98 Å². The lowest BCUT2D eigenvalue weighted by atomic mass is 9.77. The lowest BCUT2D eigenvalue weighted by molar-refractivity contribution is 0.0612. The number of fused-ring (bicyclic) bond motifs is 1. The average Bonchev–Trinajstić information content (AvgIpc) is 3.25. The molecule has 0 bridgehead atoms. The zero-order valence-corrected chi connectivity index (χ0v) is 18.3. The molecule has 2 fully saturated rings. The fourth-order valence-corrected chi connectivity index (χ4v) is 5.18. The number of carbonyl (C=O) groups excluding carboxylic acids is 1. The van der Waals surface area contributed by atoms with Gasteiger partial charge in [0, 0.05) is 37.7 Å². The summed E-state index contributed by atoms with van der Waals surface area (Å²) in [5.41, 5.74) is 3.34. The lowest BCUT2D eigenvalue weighted by Gasteiger charge is -2.39. The number of H-pyrrole nitrogens is 1. The van der Waals surface area contributed by atoms with Gasteiger partial charge in [0.2, 0.25) is 5.82 Å². The van der Waals surface area contributed by atoms with E-state index in [1.165, 1.54) is 5.56 Å². The van der Waals surface area contributed by atoms with Gasteiger partial charge in [0.15, 0.2) is 5.65 Å². The number of carbonyl (C=O) groups is 1. The fourth-order valence-electron chi connectivity index (χ4n) is 5.18. The number of hydrogen-bond donors (Lipinski definition) is 1. The van der Waals surface area contributed by atoms with Crippen LogP contribution in [0.15, 0.2) is 43.1 Å². The smallest absolute Gasteiger partial charge is 0.291 e. The minimum Gasteiger partial charge on any atom is -0.335 e. The van der Waals surface area contributed by atoms with Crippen molar-refractivity contribution < 1.29 is 4.79 Å². The predicted molar refractivity (Wildman–Crippen MR) is 119 cm³/mol. The Labute approximate surface area is 185 Å². The summed E-state index contributed by atoms with van der Waals surface area (Å²) >= 11 is 0. The fraction of sp³-hybridized carbons (Fsp3) is 0.435. The highest BCUT2D eigenvalue weighted by Gasteiger charge is 2.54. The summed E-state index contributed by atoms with van der Waals surface area (Å²) in [6, 6.07) is 6.25. The van der Waals surface area contributed by atoms with Gasteiger partial charge >= 0.3 is 0 Å². The number of amides is 1. The molecule has 4 aromatic rings. The van der Waals surface area contributed by atoms with Crippen molar-refractivity contribution in [2.75, 3.05) is 13.1 Å². The molecule has 1 atom stereocenters. The molecule has 1 aliphatic heterocycles. The minimum absolute atomic E-state index is 0.0791. The molecule has 164 valence electrons. The molecule has 0 aromatic carbocycles. The molecule has 1 aliphatic carbocycles. The van der Waals surface area contributed by atoms with E-state index in [1.54, 1.807) is 4.57 Å². The van der Waals surface area contributed by atoms with Gasteiger partial charge in [-0.1, -0.05) is 0 Å². The van der Waals surface area contributed by atoms with E-state index in [9.17, 15) is 4.79 Å². The van der Waals surface area contributed by atoms with Crippen molar-refractivity contribution in [2.24, 2.45) is 5.41 Å². The van der Waals surface area contributed by atoms with Gasteiger partial charge in [0.05, 0.1) is 6.33 Å². The van der Waals surface area contributed by atoms with E-state index in [0.29, 0.717) is 30.3 Å². The van der Waals surface area contributed by atoms with E-state index in [1.807, 2.05) is 42.0 Å². The average molecular weight is 431 g/mol. The number of hydrogen-bond acceptors (Lipinski definition) is 5. The van der Waals surface area contributed by atoms with E-state index in [2.05, 4.69) is 44.6 Å². The maximum atomic E-state index is 13.2. The highest BCUT2D eigenvalue weighted by atomic mass is 16.2. The van der Waals surface area contributed by atoms with Gasteiger partial charge in [-0.2, -0.15) is 4.98 Å². The molecule has 9 heteroatoms. The Balaban J connectivity index is 1.25. The van der Waals surface area contributed by atoms with E-state index in [-0.39, 0.29) is 11.3 Å². The van der Waals surface area contributed by atoms with E-state index >= 15 is 0 Å². The maximum Gasteiger partial charge on any atom is 0.291 e. The van der Waals surface area contributed by atoms with Crippen molar-refractivity contribution in [1.82, 2.24) is 39.2 Å². The third-order valence-corrected chi connectivity index (χ3v) is 7.05. The first-order chi connectivity index (χ1) is 15.6. The zero-order valence-electron chi connectivity index (χ0n) is 18.3. The van der Waals surface area contributed by atoms with Gasteiger partial charge in [-0.15, -0.1) is 5.10 Å². The first kappa shape index (κ1) is 19.2. The molecule has 6 rings (SSSR count). The molecule has 4 aromatic heterocycles. The van der Waals surface area contributed by atoms with Crippen LogP contribution < -0.4 is 0 Å². The maximum absolute atomic E-state index is 13.2. The molecule has 1 unspecified atom stereocenters. The number of aromatic amines is 1. The first-order valence-electron chi connectivity index (χ1n) is 11.2. The Bertz CT molecular complexity index is 1280. The van der Waals surface area contributed by atoms with Gasteiger partial charge in [-0.05, 0) is 68.2 Å². The molecule has 5 heterocycles. The van der Waals surface area contributed by atoms with Crippen molar-refractivity contribution in [2.45, 2.75) is 45.1 Å². The Morgan fingerprint density at radius 2 is 2.03 bits per heavy atom. The Morgan fingerprint density at radius 1 is 1.22 bits per heavy atom. The number of nitrogens with zero attached hydrogens (tertiary/aromatic N) is 7. The van der Waals surface area contributed by atoms with Crippen LogP contribution in [0.3, 0.4) is 0 Å². The largest absolute Gasteiger partial charge is 0.335 e. The zero-order chi connectivity index (χ0) is 21.9. The summed E-state index contributed by atoms with van der Waals surface area (Å²) in [5, 5.41) is 7.03. The van der Waals surface area contributed by atoms with Crippen LogP contribution in [0.5, 0.6) is 0 Å². The SMILES string of the molecule is CC(C)n1cnc2c(C3CCN(C(=O)c4nc(-n5cccc5)n[nH]4)CC34CC4)ccnc21. The third-order valence-electron chi connectivity index (χ3n) is 7.05. The summed E-state index contributed by atoms with van der Waals surface area (Å²) in [6.45, 7) is 5.73. The van der Waals surface area contributed by atoms with Gasteiger partial charge in [0.25, 0.3) is 11.9 Å². The number of pyridine rings is 1. The molecule has 1 N–H and O–H groups in total. The highest BCUT2D eigenvalue weighted by molar-refractivity contribution is 5.90. The van der Waals surface area contributed by atoms with Gasteiger partial charge in [0.1, 0.15) is 5.52 Å². The van der Waals surface area contributed by atoms with Gasteiger partial charge in [-0.25, -0.2) is 9.97 Å². The van der Waals surface area contributed by atoms with Crippen LogP contribution in [0, 0.1) is 5.41 Å². The van der Waals surface area contributed by atoms with Crippen LogP contribution in [-0.4, -0.2) is 58.2 Å². The monoisotopic (exact) mass is 430 g/mol. The molecule has 1 amide bonds. The van der Waals surface area contributed by atoms with Crippen molar-refractivity contribution in [1.29, 1.82) is 0 Å². The number of imidazole rings is 1.